The lowest BCUT2D eigenvalue weighted by atomic mass is 9.97. The van der Waals surface area contributed by atoms with Gasteiger partial charge in [-0.1, -0.05) is 17.7 Å². The maximum atomic E-state index is 10.2. The number of anilines is 1. The number of aromatic nitrogens is 1. The van der Waals surface area contributed by atoms with E-state index in [-0.39, 0.29) is 6.10 Å². The monoisotopic (exact) mass is 242 g/mol. The van der Waals surface area contributed by atoms with Crippen LogP contribution < -0.4 is 5.32 Å². The minimum atomic E-state index is -0.815. The summed E-state index contributed by atoms with van der Waals surface area (Å²) in [5.41, 5.74) is -0.815. The van der Waals surface area contributed by atoms with Crippen molar-refractivity contribution in [3.8, 4) is 0 Å². The highest BCUT2D eigenvalue weighted by molar-refractivity contribution is 6.29. The van der Waals surface area contributed by atoms with Crippen LogP contribution in [-0.4, -0.2) is 34.9 Å². The summed E-state index contributed by atoms with van der Waals surface area (Å²) in [4.78, 5) is 4.09. The molecule has 1 fully saturated rings. The second kappa shape index (κ2) is 4.57. The van der Waals surface area contributed by atoms with Gasteiger partial charge in [-0.05, 0) is 19.1 Å². The molecular formula is C11H15ClN2O2. The first-order chi connectivity index (χ1) is 7.60. The second-order valence-electron chi connectivity index (χ2n) is 4.07. The Morgan fingerprint density at radius 1 is 1.69 bits per heavy atom. The Labute approximate surface area is 99.6 Å². The van der Waals surface area contributed by atoms with Crippen molar-refractivity contribution in [2.75, 3.05) is 18.5 Å². The van der Waals surface area contributed by atoms with Crippen LogP contribution >= 0.6 is 11.6 Å². The fraction of sp³-hybridized carbons (Fsp3) is 0.545. The second-order valence-corrected chi connectivity index (χ2v) is 4.45. The predicted molar refractivity (Wildman–Crippen MR) is 62.7 cm³/mol. The van der Waals surface area contributed by atoms with Crippen molar-refractivity contribution < 1.29 is 9.84 Å². The molecule has 4 nitrogen and oxygen atoms in total. The number of nitrogens with one attached hydrogen (secondary N) is 1. The van der Waals surface area contributed by atoms with Crippen molar-refractivity contribution in [1.29, 1.82) is 0 Å². The summed E-state index contributed by atoms with van der Waals surface area (Å²) in [6, 6.07) is 5.34. The molecule has 2 N–H and O–H groups in total. The molecule has 0 aromatic carbocycles. The number of halogens is 1. The fourth-order valence-electron chi connectivity index (χ4n) is 1.75. The van der Waals surface area contributed by atoms with E-state index < -0.39 is 5.60 Å². The lowest BCUT2D eigenvalue weighted by Crippen LogP contribution is -2.43. The van der Waals surface area contributed by atoms with E-state index in [4.69, 9.17) is 16.3 Å². The number of nitrogens with zero attached hydrogens (tertiary/aromatic N) is 1. The quantitative estimate of drug-likeness (QED) is 0.792. The van der Waals surface area contributed by atoms with Crippen molar-refractivity contribution in [2.24, 2.45) is 0 Å². The van der Waals surface area contributed by atoms with E-state index in [0.29, 0.717) is 30.5 Å². The molecule has 1 aromatic heterocycles. The summed E-state index contributed by atoms with van der Waals surface area (Å²) in [7, 11) is 0. The Kier molecular flexibility index (Phi) is 3.33. The first kappa shape index (κ1) is 11.6. The highest BCUT2D eigenvalue weighted by Gasteiger charge is 2.39. The Hall–Kier alpha value is -0.840. The number of ether oxygens (including phenoxy) is 1. The lowest BCUT2D eigenvalue weighted by molar-refractivity contribution is -0.0176. The highest BCUT2D eigenvalue weighted by atomic mass is 35.5. The summed E-state index contributed by atoms with van der Waals surface area (Å²) >= 11 is 5.77. The van der Waals surface area contributed by atoms with Crippen LogP contribution in [0.2, 0.25) is 5.15 Å². The van der Waals surface area contributed by atoms with Gasteiger partial charge in [0.05, 0.1) is 6.10 Å². The van der Waals surface area contributed by atoms with E-state index >= 15 is 0 Å². The normalized spacial score (nSPS) is 29.3. The number of pyridine rings is 1. The molecule has 1 aliphatic rings. The molecule has 16 heavy (non-hydrogen) atoms. The zero-order valence-electron chi connectivity index (χ0n) is 9.11. The van der Waals surface area contributed by atoms with Crippen molar-refractivity contribution in [2.45, 2.75) is 25.0 Å². The molecule has 1 aromatic rings. The maximum Gasteiger partial charge on any atom is 0.131 e. The van der Waals surface area contributed by atoms with E-state index in [0.717, 1.165) is 0 Å². The molecule has 2 atom stereocenters. The van der Waals surface area contributed by atoms with Crippen LogP contribution in [0, 0.1) is 0 Å². The van der Waals surface area contributed by atoms with Crippen LogP contribution in [-0.2, 0) is 4.74 Å². The largest absolute Gasteiger partial charge is 0.385 e. The van der Waals surface area contributed by atoms with Gasteiger partial charge in [-0.3, -0.25) is 0 Å². The van der Waals surface area contributed by atoms with E-state index in [2.05, 4.69) is 10.3 Å². The van der Waals surface area contributed by atoms with Gasteiger partial charge in [-0.25, -0.2) is 4.98 Å². The van der Waals surface area contributed by atoms with Gasteiger partial charge in [0.15, 0.2) is 0 Å². The van der Waals surface area contributed by atoms with Gasteiger partial charge >= 0.3 is 0 Å². The standard InChI is InChI=1S/C11H15ClN2O2/c1-8-11(15,5-6-16-8)7-13-10-4-2-3-9(12)14-10/h2-4,8,15H,5-7H2,1H3,(H,13,14). The van der Waals surface area contributed by atoms with Crippen molar-refractivity contribution in [3.05, 3.63) is 23.4 Å². The average molecular weight is 243 g/mol. The number of rotatable bonds is 3. The van der Waals surface area contributed by atoms with Crippen LogP contribution in [0.25, 0.3) is 0 Å². The topological polar surface area (TPSA) is 54.4 Å². The van der Waals surface area contributed by atoms with Crippen molar-refractivity contribution in [1.82, 2.24) is 4.98 Å². The lowest BCUT2D eigenvalue weighted by Gasteiger charge is -2.26. The van der Waals surface area contributed by atoms with Gasteiger partial charge < -0.3 is 15.2 Å². The predicted octanol–water partition coefficient (Wildman–Crippen LogP) is 1.69. The van der Waals surface area contributed by atoms with Crippen LogP contribution in [0.1, 0.15) is 13.3 Å². The van der Waals surface area contributed by atoms with Crippen molar-refractivity contribution in [3.63, 3.8) is 0 Å². The highest BCUT2D eigenvalue weighted by Crippen LogP contribution is 2.25. The molecule has 0 radical (unpaired) electrons. The van der Waals surface area contributed by atoms with Gasteiger partial charge in [0, 0.05) is 19.6 Å². The number of hydrogen-bond donors (Lipinski definition) is 2. The first-order valence-corrected chi connectivity index (χ1v) is 5.68. The fourth-order valence-corrected chi connectivity index (χ4v) is 1.92. The molecule has 0 bridgehead atoms. The van der Waals surface area contributed by atoms with Gasteiger partial charge in [0.1, 0.15) is 16.6 Å². The molecule has 1 aliphatic heterocycles. The first-order valence-electron chi connectivity index (χ1n) is 5.30. The molecular weight excluding hydrogens is 228 g/mol. The molecule has 5 heteroatoms. The van der Waals surface area contributed by atoms with E-state index in [1.54, 1.807) is 6.07 Å². The van der Waals surface area contributed by atoms with Gasteiger partial charge in [0.2, 0.25) is 0 Å². The van der Waals surface area contributed by atoms with Gasteiger partial charge in [-0.15, -0.1) is 0 Å². The summed E-state index contributed by atoms with van der Waals surface area (Å²) < 4.78 is 5.34. The number of hydrogen-bond acceptors (Lipinski definition) is 4. The minimum absolute atomic E-state index is 0.154. The minimum Gasteiger partial charge on any atom is -0.385 e. The Balaban J connectivity index is 1.97. The SMILES string of the molecule is CC1OCCC1(O)CNc1cccc(Cl)n1. The third-order valence-electron chi connectivity index (χ3n) is 2.95. The van der Waals surface area contributed by atoms with E-state index in [9.17, 15) is 5.11 Å². The Morgan fingerprint density at radius 2 is 2.50 bits per heavy atom. The Bertz CT molecular complexity index is 375. The maximum absolute atomic E-state index is 10.2. The van der Waals surface area contributed by atoms with E-state index in [1.165, 1.54) is 0 Å². The summed E-state index contributed by atoms with van der Waals surface area (Å²) in [5, 5.41) is 13.8. The van der Waals surface area contributed by atoms with E-state index in [1.807, 2.05) is 19.1 Å². The summed E-state index contributed by atoms with van der Waals surface area (Å²) in [6.45, 7) is 2.89. The number of aliphatic hydroxyl groups is 1. The molecule has 0 amide bonds. The van der Waals surface area contributed by atoms with Crippen LogP contribution in [0.4, 0.5) is 5.82 Å². The molecule has 1 saturated heterocycles. The zero-order chi connectivity index (χ0) is 11.6. The third-order valence-corrected chi connectivity index (χ3v) is 3.16. The van der Waals surface area contributed by atoms with Crippen LogP contribution in [0.15, 0.2) is 18.2 Å². The van der Waals surface area contributed by atoms with Crippen LogP contribution in [0.3, 0.4) is 0 Å². The molecule has 2 rings (SSSR count). The Morgan fingerprint density at radius 3 is 3.12 bits per heavy atom. The smallest absolute Gasteiger partial charge is 0.131 e. The van der Waals surface area contributed by atoms with Crippen molar-refractivity contribution >= 4 is 17.4 Å². The van der Waals surface area contributed by atoms with Gasteiger partial charge in [0.25, 0.3) is 0 Å². The summed E-state index contributed by atoms with van der Waals surface area (Å²) in [6.07, 6.45) is 0.487. The molecule has 0 spiro atoms. The van der Waals surface area contributed by atoms with Crippen LogP contribution in [0.5, 0.6) is 0 Å². The molecule has 88 valence electrons. The third kappa shape index (κ3) is 2.45. The van der Waals surface area contributed by atoms with Gasteiger partial charge in [-0.2, -0.15) is 0 Å². The average Bonchev–Trinajstić information content (AvgIpc) is 2.58. The zero-order valence-corrected chi connectivity index (χ0v) is 9.87. The molecule has 0 saturated carbocycles. The molecule has 0 aliphatic carbocycles. The summed E-state index contributed by atoms with van der Waals surface area (Å²) in [5.74, 6) is 0.667. The molecule has 2 heterocycles. The molecule has 2 unspecified atom stereocenters.